The highest BCUT2D eigenvalue weighted by atomic mass is 32.1. The lowest BCUT2D eigenvalue weighted by atomic mass is 10.1. The van der Waals surface area contributed by atoms with Crippen molar-refractivity contribution in [3.05, 3.63) is 39.3 Å². The van der Waals surface area contributed by atoms with Crippen molar-refractivity contribution in [2.75, 3.05) is 0 Å². The predicted octanol–water partition coefficient (Wildman–Crippen LogP) is 3.35. The normalized spacial score (nSPS) is 12.2. The van der Waals surface area contributed by atoms with Crippen LogP contribution in [0.5, 0.6) is 0 Å². The number of carboxylic acid groups (broad SMARTS) is 1. The van der Waals surface area contributed by atoms with E-state index in [2.05, 4.69) is 10.4 Å². The number of amides is 1. The summed E-state index contributed by atoms with van der Waals surface area (Å²) in [5, 5.41) is 14.9. The van der Waals surface area contributed by atoms with Gasteiger partial charge < -0.3 is 10.4 Å². The van der Waals surface area contributed by atoms with Gasteiger partial charge in [-0.05, 0) is 32.9 Å². The van der Waals surface area contributed by atoms with Crippen LogP contribution in [0.2, 0.25) is 0 Å². The van der Waals surface area contributed by atoms with Crippen molar-refractivity contribution in [2.45, 2.75) is 39.0 Å². The van der Waals surface area contributed by atoms with Gasteiger partial charge in [0.15, 0.2) is 5.69 Å². The quantitative estimate of drug-likeness (QED) is 0.858. The molecule has 0 unspecified atom stereocenters. The molecule has 2 aromatic heterocycles. The molecule has 10 heteroatoms. The van der Waals surface area contributed by atoms with Crippen LogP contribution < -0.4 is 5.32 Å². The maximum atomic E-state index is 13.4. The predicted molar refractivity (Wildman–Crippen MR) is 84.7 cm³/mol. The number of thiophene rings is 1. The molecule has 0 aromatic carbocycles. The summed E-state index contributed by atoms with van der Waals surface area (Å²) in [5.41, 5.74) is -2.64. The maximum Gasteiger partial charge on any atom is 0.433 e. The molecule has 0 aliphatic carbocycles. The molecule has 0 radical (unpaired) electrons. The number of nitrogens with zero attached hydrogens (tertiary/aromatic N) is 2. The van der Waals surface area contributed by atoms with Crippen LogP contribution in [0.4, 0.5) is 13.2 Å². The molecular formula is C15H16F3N3O3S. The molecule has 2 rings (SSSR count). The van der Waals surface area contributed by atoms with Crippen molar-refractivity contribution in [1.82, 2.24) is 15.1 Å². The van der Waals surface area contributed by atoms with E-state index in [0.29, 0.717) is 4.88 Å². The van der Waals surface area contributed by atoms with Crippen LogP contribution in [-0.2, 0) is 18.3 Å². The minimum absolute atomic E-state index is 0.0746. The number of hydrogen-bond donors (Lipinski definition) is 2. The van der Waals surface area contributed by atoms with Crippen molar-refractivity contribution in [2.24, 2.45) is 0 Å². The molecule has 0 saturated carbocycles. The molecular weight excluding hydrogens is 359 g/mol. The number of hydrogen-bond acceptors (Lipinski definition) is 4. The first-order valence-electron chi connectivity index (χ1n) is 7.17. The number of halogens is 3. The minimum atomic E-state index is -4.74. The molecule has 0 spiro atoms. The lowest BCUT2D eigenvalue weighted by molar-refractivity contribution is -0.146. The van der Waals surface area contributed by atoms with E-state index in [9.17, 15) is 22.8 Å². The van der Waals surface area contributed by atoms with E-state index in [1.807, 2.05) is 0 Å². The second-order valence-electron chi connectivity index (χ2n) is 6.24. The summed E-state index contributed by atoms with van der Waals surface area (Å²) >= 11 is 0.940. The van der Waals surface area contributed by atoms with Gasteiger partial charge >= 0.3 is 12.1 Å². The summed E-state index contributed by atoms with van der Waals surface area (Å²) in [5.74, 6) is -2.03. The number of nitrogens with one attached hydrogen (secondary N) is 1. The SMILES string of the molecule is CC(C)(C)n1ncc(C(=O)NCc2ccc(C(=O)O)s2)c1C(F)(F)F. The Morgan fingerprint density at radius 1 is 1.28 bits per heavy atom. The van der Waals surface area contributed by atoms with Crippen molar-refractivity contribution in [1.29, 1.82) is 0 Å². The Labute approximate surface area is 145 Å². The summed E-state index contributed by atoms with van der Waals surface area (Å²) in [6.07, 6.45) is -3.85. The fourth-order valence-corrected chi connectivity index (χ4v) is 2.93. The number of carboxylic acids is 1. The Morgan fingerprint density at radius 2 is 1.92 bits per heavy atom. The Hall–Kier alpha value is -2.36. The second kappa shape index (κ2) is 6.51. The molecule has 2 N–H and O–H groups in total. The number of alkyl halides is 3. The van der Waals surface area contributed by atoms with E-state index in [1.165, 1.54) is 12.1 Å². The van der Waals surface area contributed by atoms with Gasteiger partial charge in [0.25, 0.3) is 5.91 Å². The van der Waals surface area contributed by atoms with Crippen LogP contribution in [-0.4, -0.2) is 26.8 Å². The molecule has 0 aliphatic heterocycles. The van der Waals surface area contributed by atoms with Crippen molar-refractivity contribution < 1.29 is 27.9 Å². The summed E-state index contributed by atoms with van der Waals surface area (Å²) in [6.45, 7) is 4.58. The van der Waals surface area contributed by atoms with Crippen molar-refractivity contribution in [3.8, 4) is 0 Å². The summed E-state index contributed by atoms with van der Waals surface area (Å²) < 4.78 is 40.9. The molecule has 0 atom stereocenters. The lowest BCUT2D eigenvalue weighted by Gasteiger charge is -2.23. The Kier molecular flexibility index (Phi) is 4.94. The van der Waals surface area contributed by atoms with Gasteiger partial charge in [-0.2, -0.15) is 18.3 Å². The van der Waals surface area contributed by atoms with E-state index >= 15 is 0 Å². The van der Waals surface area contributed by atoms with E-state index < -0.39 is 34.8 Å². The average molecular weight is 375 g/mol. The minimum Gasteiger partial charge on any atom is -0.477 e. The van der Waals surface area contributed by atoms with E-state index in [4.69, 9.17) is 5.11 Å². The van der Waals surface area contributed by atoms with Crippen molar-refractivity contribution in [3.63, 3.8) is 0 Å². The van der Waals surface area contributed by atoms with Crippen LogP contribution in [0.25, 0.3) is 0 Å². The van der Waals surface area contributed by atoms with Gasteiger partial charge in [0.2, 0.25) is 0 Å². The van der Waals surface area contributed by atoms with Gasteiger partial charge in [-0.25, -0.2) is 4.79 Å². The molecule has 0 saturated heterocycles. The number of aromatic nitrogens is 2. The molecule has 0 bridgehead atoms. The van der Waals surface area contributed by atoms with Gasteiger partial charge in [0.1, 0.15) is 4.88 Å². The zero-order valence-corrected chi connectivity index (χ0v) is 14.5. The van der Waals surface area contributed by atoms with E-state index in [-0.39, 0.29) is 11.4 Å². The topological polar surface area (TPSA) is 84.2 Å². The van der Waals surface area contributed by atoms with Crippen LogP contribution in [0.3, 0.4) is 0 Å². The first-order chi connectivity index (χ1) is 11.4. The zero-order chi connectivity index (χ0) is 19.0. The molecule has 25 heavy (non-hydrogen) atoms. The fourth-order valence-electron chi connectivity index (χ4n) is 2.15. The third kappa shape index (κ3) is 4.19. The van der Waals surface area contributed by atoms with Gasteiger partial charge in [-0.3, -0.25) is 9.48 Å². The molecule has 136 valence electrons. The van der Waals surface area contributed by atoms with Crippen LogP contribution in [0.15, 0.2) is 18.3 Å². The standard InChI is InChI=1S/C15H16F3N3O3S/c1-14(2,3)21-11(15(16,17)18)9(7-20-21)12(22)19-6-8-4-5-10(25-8)13(23)24/h4-5,7H,6H2,1-3H3,(H,19,22)(H,23,24). The number of rotatable bonds is 4. The highest BCUT2D eigenvalue weighted by Crippen LogP contribution is 2.34. The number of carbonyl (C=O) groups is 2. The largest absolute Gasteiger partial charge is 0.477 e. The highest BCUT2D eigenvalue weighted by Gasteiger charge is 2.42. The van der Waals surface area contributed by atoms with Crippen LogP contribution in [0, 0.1) is 0 Å². The first kappa shape index (κ1) is 19.0. The van der Waals surface area contributed by atoms with Crippen molar-refractivity contribution >= 4 is 23.2 Å². The highest BCUT2D eigenvalue weighted by molar-refractivity contribution is 7.13. The van der Waals surface area contributed by atoms with Gasteiger partial charge in [-0.15, -0.1) is 11.3 Å². The van der Waals surface area contributed by atoms with Gasteiger partial charge in [-0.1, -0.05) is 0 Å². The summed E-state index contributed by atoms with van der Waals surface area (Å²) in [6, 6.07) is 2.87. The molecule has 6 nitrogen and oxygen atoms in total. The molecule has 0 aliphatic rings. The summed E-state index contributed by atoms with van der Waals surface area (Å²) in [7, 11) is 0. The molecule has 0 fully saturated rings. The van der Waals surface area contributed by atoms with Gasteiger partial charge in [0.05, 0.1) is 23.8 Å². The van der Waals surface area contributed by atoms with Crippen LogP contribution in [0.1, 0.15) is 51.4 Å². The number of aromatic carboxylic acids is 1. The van der Waals surface area contributed by atoms with Gasteiger partial charge in [0, 0.05) is 4.88 Å². The Morgan fingerprint density at radius 3 is 2.40 bits per heavy atom. The number of carbonyl (C=O) groups excluding carboxylic acids is 1. The fraction of sp³-hybridized carbons (Fsp3) is 0.400. The monoisotopic (exact) mass is 375 g/mol. The summed E-state index contributed by atoms with van der Waals surface area (Å²) in [4.78, 5) is 23.6. The Balaban J connectivity index is 2.24. The molecule has 1 amide bonds. The molecule has 2 heterocycles. The maximum absolute atomic E-state index is 13.4. The smallest absolute Gasteiger partial charge is 0.433 e. The van der Waals surface area contributed by atoms with E-state index in [1.54, 1.807) is 20.8 Å². The zero-order valence-electron chi connectivity index (χ0n) is 13.6. The van der Waals surface area contributed by atoms with E-state index in [0.717, 1.165) is 22.2 Å². The van der Waals surface area contributed by atoms with Crippen LogP contribution >= 0.6 is 11.3 Å². The average Bonchev–Trinajstić information content (AvgIpc) is 3.10. The second-order valence-corrected chi connectivity index (χ2v) is 7.41. The first-order valence-corrected chi connectivity index (χ1v) is 7.99. The molecule has 2 aromatic rings. The third-order valence-electron chi connectivity index (χ3n) is 3.21. The Bertz CT molecular complexity index is 803. The third-order valence-corrected chi connectivity index (χ3v) is 4.29. The lowest BCUT2D eigenvalue weighted by Crippen LogP contribution is -2.31.